The van der Waals surface area contributed by atoms with Gasteiger partial charge in [0.1, 0.15) is 5.56 Å². The quantitative estimate of drug-likeness (QED) is 0.814. The lowest BCUT2D eigenvalue weighted by molar-refractivity contribution is 0.0583. The number of aryl methyl sites for hydroxylation is 1. The first kappa shape index (κ1) is 18.7. The van der Waals surface area contributed by atoms with E-state index in [4.69, 9.17) is 0 Å². The van der Waals surface area contributed by atoms with Crippen LogP contribution in [0.25, 0.3) is 0 Å². The highest BCUT2D eigenvalue weighted by Crippen LogP contribution is 2.29. The van der Waals surface area contributed by atoms with Gasteiger partial charge < -0.3 is 14.8 Å². The largest absolute Gasteiger partial charge is 0.334 e. The minimum atomic E-state index is -0.617. The number of piperidine rings is 1. The van der Waals surface area contributed by atoms with Crippen LogP contribution in [0.5, 0.6) is 0 Å². The molecular weight excluding hydrogens is 356 g/mol. The van der Waals surface area contributed by atoms with Crippen LogP contribution in [0.2, 0.25) is 0 Å². The van der Waals surface area contributed by atoms with Crippen LogP contribution in [0.4, 0.5) is 0 Å². The molecule has 7 heteroatoms. The van der Waals surface area contributed by atoms with Crippen molar-refractivity contribution < 1.29 is 4.79 Å². The van der Waals surface area contributed by atoms with Crippen LogP contribution in [0.1, 0.15) is 35.2 Å². The molecule has 0 aliphatic carbocycles. The summed E-state index contributed by atoms with van der Waals surface area (Å²) in [5.74, 6) is 0.152. The smallest absolute Gasteiger partial charge is 0.325 e. The van der Waals surface area contributed by atoms with Crippen LogP contribution in [0.3, 0.4) is 0 Å². The van der Waals surface area contributed by atoms with Crippen molar-refractivity contribution in [3.8, 4) is 0 Å². The molecule has 2 aromatic rings. The van der Waals surface area contributed by atoms with Gasteiger partial charge in [0.2, 0.25) is 0 Å². The van der Waals surface area contributed by atoms with Crippen molar-refractivity contribution in [1.82, 2.24) is 19.8 Å². The van der Waals surface area contributed by atoms with E-state index >= 15 is 0 Å². The Bertz CT molecular complexity index is 936. The van der Waals surface area contributed by atoms with E-state index in [1.54, 1.807) is 0 Å². The number of carbonyl (C=O) groups excluding carboxylic acids is 1. The molecule has 0 saturated carbocycles. The monoisotopic (exact) mass is 382 g/mol. The summed E-state index contributed by atoms with van der Waals surface area (Å²) in [5, 5.41) is 0. The van der Waals surface area contributed by atoms with Crippen molar-refractivity contribution in [2.45, 2.75) is 31.7 Å². The molecule has 0 unspecified atom stereocenters. The number of carbonyl (C=O) groups is 1. The maximum atomic E-state index is 12.9. The predicted octanol–water partition coefficient (Wildman–Crippen LogP) is 1.23. The maximum Gasteiger partial charge on any atom is 0.325 e. The molecule has 5 rings (SSSR count). The highest BCUT2D eigenvalue weighted by molar-refractivity contribution is 5.93. The lowest BCUT2D eigenvalue weighted by Gasteiger charge is -2.36. The Kier molecular flexibility index (Phi) is 5.43. The van der Waals surface area contributed by atoms with E-state index in [0.29, 0.717) is 12.5 Å². The second-order valence-corrected chi connectivity index (χ2v) is 7.89. The van der Waals surface area contributed by atoms with Gasteiger partial charge in [-0.05, 0) is 43.7 Å². The second kappa shape index (κ2) is 8.14. The summed E-state index contributed by atoms with van der Waals surface area (Å²) in [7, 11) is 0. The molecule has 1 amide bonds. The third kappa shape index (κ3) is 4.09. The molecule has 2 atom stereocenters. The van der Waals surface area contributed by atoms with Gasteiger partial charge in [0, 0.05) is 31.9 Å². The summed E-state index contributed by atoms with van der Waals surface area (Å²) in [6.45, 7) is 3.54. The number of nitrogens with zero attached hydrogens (tertiary/aromatic N) is 2. The Hall–Kier alpha value is -2.67. The van der Waals surface area contributed by atoms with Gasteiger partial charge in [-0.3, -0.25) is 14.6 Å². The number of H-pyrrole nitrogens is 2. The van der Waals surface area contributed by atoms with Crippen molar-refractivity contribution in [2.75, 3.05) is 26.2 Å². The van der Waals surface area contributed by atoms with Crippen LogP contribution in [0, 0.1) is 5.92 Å². The SMILES string of the molecule is O=C(c1c[nH]c(=O)[nH]c1=O)N1C[C@H]2CC[C@@H]1CN(CCCc1ccccc1)C2. The summed E-state index contributed by atoms with van der Waals surface area (Å²) in [5.41, 5.74) is 0.161. The molecule has 148 valence electrons. The first-order chi connectivity index (χ1) is 13.6. The van der Waals surface area contributed by atoms with Crippen LogP contribution in [-0.2, 0) is 6.42 Å². The van der Waals surface area contributed by atoms with E-state index < -0.39 is 11.2 Å². The molecule has 2 bridgehead atoms. The number of nitrogens with one attached hydrogen (secondary N) is 2. The molecule has 3 fully saturated rings. The molecular formula is C21H26N4O3. The number of aromatic amines is 2. The number of benzene rings is 1. The lowest BCUT2D eigenvalue weighted by Crippen LogP contribution is -2.49. The van der Waals surface area contributed by atoms with Gasteiger partial charge in [-0.25, -0.2) is 4.79 Å². The number of hydrogen-bond donors (Lipinski definition) is 2. The molecule has 1 aromatic heterocycles. The molecule has 0 radical (unpaired) electrons. The lowest BCUT2D eigenvalue weighted by atomic mass is 9.94. The highest BCUT2D eigenvalue weighted by atomic mass is 16.2. The fourth-order valence-corrected chi connectivity index (χ4v) is 4.49. The van der Waals surface area contributed by atoms with E-state index in [1.807, 2.05) is 11.0 Å². The molecule has 3 aliphatic heterocycles. The summed E-state index contributed by atoms with van der Waals surface area (Å²) < 4.78 is 0. The molecule has 3 saturated heterocycles. The molecule has 3 aliphatic rings. The fraction of sp³-hybridized carbons (Fsp3) is 0.476. The van der Waals surface area contributed by atoms with Crippen LogP contribution >= 0.6 is 0 Å². The zero-order valence-electron chi connectivity index (χ0n) is 15.9. The summed E-state index contributed by atoms with van der Waals surface area (Å²) in [6, 6.07) is 10.6. The number of rotatable bonds is 5. The van der Waals surface area contributed by atoms with Crippen molar-refractivity contribution in [3.05, 3.63) is 68.5 Å². The summed E-state index contributed by atoms with van der Waals surface area (Å²) in [6.07, 6.45) is 5.47. The van der Waals surface area contributed by atoms with Gasteiger partial charge in [0.25, 0.3) is 11.5 Å². The Balaban J connectivity index is 1.41. The third-order valence-electron chi connectivity index (χ3n) is 5.88. The zero-order chi connectivity index (χ0) is 19.5. The number of aromatic nitrogens is 2. The minimum absolute atomic E-state index is 0.0165. The molecule has 0 spiro atoms. The highest BCUT2D eigenvalue weighted by Gasteiger charge is 2.37. The first-order valence-electron chi connectivity index (χ1n) is 9.99. The van der Waals surface area contributed by atoms with Crippen LogP contribution in [0.15, 0.2) is 46.1 Å². The molecule has 28 heavy (non-hydrogen) atoms. The Morgan fingerprint density at radius 1 is 1.07 bits per heavy atom. The van der Waals surface area contributed by atoms with E-state index in [0.717, 1.165) is 45.3 Å². The Labute approximate surface area is 163 Å². The average Bonchev–Trinajstić information content (AvgIpc) is 2.99. The summed E-state index contributed by atoms with van der Waals surface area (Å²) in [4.78, 5) is 45.1. The van der Waals surface area contributed by atoms with Gasteiger partial charge in [-0.15, -0.1) is 0 Å². The zero-order valence-corrected chi connectivity index (χ0v) is 15.9. The standard InChI is InChI=1S/C21H26N4O3/c26-19-18(11-22-21(28)23-19)20(27)25-13-16-8-9-17(25)14-24(12-16)10-4-7-15-5-2-1-3-6-15/h1-3,5-6,11,16-17H,4,7-10,12-14H2,(H2,22,23,26,28)/t16-,17+/m0/s1. The maximum absolute atomic E-state index is 12.9. The van der Waals surface area contributed by atoms with Gasteiger partial charge in [0.05, 0.1) is 0 Å². The van der Waals surface area contributed by atoms with Crippen molar-refractivity contribution in [3.63, 3.8) is 0 Å². The number of hydrogen-bond acceptors (Lipinski definition) is 4. The third-order valence-corrected chi connectivity index (χ3v) is 5.88. The van der Waals surface area contributed by atoms with Gasteiger partial charge in [0.15, 0.2) is 0 Å². The van der Waals surface area contributed by atoms with Crippen LogP contribution in [-0.4, -0.2) is 57.9 Å². The predicted molar refractivity (Wildman–Crippen MR) is 106 cm³/mol. The van der Waals surface area contributed by atoms with Crippen LogP contribution < -0.4 is 11.2 Å². The molecule has 1 aromatic carbocycles. The molecule has 7 nitrogen and oxygen atoms in total. The second-order valence-electron chi connectivity index (χ2n) is 7.89. The molecule has 2 N–H and O–H groups in total. The molecule has 4 heterocycles. The summed E-state index contributed by atoms with van der Waals surface area (Å²) >= 11 is 0. The van der Waals surface area contributed by atoms with Gasteiger partial charge in [-0.2, -0.15) is 0 Å². The topological polar surface area (TPSA) is 89.3 Å². The Morgan fingerprint density at radius 2 is 1.89 bits per heavy atom. The van der Waals surface area contributed by atoms with Crippen molar-refractivity contribution >= 4 is 5.91 Å². The first-order valence-corrected chi connectivity index (χ1v) is 9.99. The Morgan fingerprint density at radius 3 is 2.68 bits per heavy atom. The number of amides is 1. The van der Waals surface area contributed by atoms with E-state index in [-0.39, 0.29) is 17.5 Å². The van der Waals surface area contributed by atoms with Gasteiger partial charge in [-0.1, -0.05) is 30.3 Å². The van der Waals surface area contributed by atoms with E-state index in [9.17, 15) is 14.4 Å². The van der Waals surface area contributed by atoms with Crippen molar-refractivity contribution in [2.24, 2.45) is 5.92 Å². The minimum Gasteiger partial charge on any atom is -0.334 e. The van der Waals surface area contributed by atoms with E-state index in [2.05, 4.69) is 39.1 Å². The normalized spacial score (nSPS) is 22.2. The van der Waals surface area contributed by atoms with Gasteiger partial charge >= 0.3 is 5.69 Å². The van der Waals surface area contributed by atoms with E-state index in [1.165, 1.54) is 11.8 Å². The fourth-order valence-electron chi connectivity index (χ4n) is 4.49. The number of fused-ring (bicyclic) bond motifs is 4. The van der Waals surface area contributed by atoms with Crippen molar-refractivity contribution in [1.29, 1.82) is 0 Å². The average molecular weight is 382 g/mol.